The molecule has 0 saturated carbocycles. The predicted molar refractivity (Wildman–Crippen MR) is 60.2 cm³/mol. The molecule has 0 aromatic carbocycles. The third-order valence-electron chi connectivity index (χ3n) is 2.48. The molecule has 16 heavy (non-hydrogen) atoms. The van der Waals surface area contributed by atoms with E-state index < -0.39 is 12.6 Å². The molecule has 0 bridgehead atoms. The van der Waals surface area contributed by atoms with Gasteiger partial charge in [-0.2, -0.15) is 13.2 Å². The average molecular weight is 240 g/mol. The van der Waals surface area contributed by atoms with Crippen LogP contribution in [-0.4, -0.2) is 37.8 Å². The Hall–Kier alpha value is -0.290. The summed E-state index contributed by atoms with van der Waals surface area (Å²) in [6.45, 7) is 5.42. The molecule has 0 heterocycles. The lowest BCUT2D eigenvalue weighted by atomic mass is 9.97. The van der Waals surface area contributed by atoms with E-state index in [-0.39, 0.29) is 6.54 Å². The Bertz CT molecular complexity index is 181. The minimum Gasteiger partial charge on any atom is -0.330 e. The maximum Gasteiger partial charge on any atom is 0.390 e. The van der Waals surface area contributed by atoms with Gasteiger partial charge in [0, 0.05) is 13.1 Å². The fraction of sp³-hybridized carbons (Fsp3) is 1.00. The number of nitrogens with zero attached hydrogens (tertiary/aromatic N) is 1. The van der Waals surface area contributed by atoms with Gasteiger partial charge < -0.3 is 10.6 Å². The zero-order valence-electron chi connectivity index (χ0n) is 10.3. The summed E-state index contributed by atoms with van der Waals surface area (Å²) in [6.07, 6.45) is -3.85. The SMILES string of the molecule is CC(C)CC(CN)CN(C)CCC(F)(F)F. The molecule has 0 spiro atoms. The first-order valence-corrected chi connectivity index (χ1v) is 5.70. The van der Waals surface area contributed by atoms with Crippen LogP contribution in [0.3, 0.4) is 0 Å². The molecule has 2 nitrogen and oxygen atoms in total. The summed E-state index contributed by atoms with van der Waals surface area (Å²) in [5.74, 6) is 0.822. The number of hydrogen-bond donors (Lipinski definition) is 1. The third kappa shape index (κ3) is 8.97. The van der Waals surface area contributed by atoms with Crippen molar-refractivity contribution in [1.82, 2.24) is 4.90 Å². The first-order chi connectivity index (χ1) is 7.24. The average Bonchev–Trinajstić information content (AvgIpc) is 2.12. The van der Waals surface area contributed by atoms with E-state index in [0.29, 0.717) is 24.9 Å². The highest BCUT2D eigenvalue weighted by atomic mass is 19.4. The number of rotatable bonds is 7. The molecule has 1 atom stereocenters. The lowest BCUT2D eigenvalue weighted by Crippen LogP contribution is -2.33. The molecule has 5 heteroatoms. The Morgan fingerprint density at radius 2 is 1.81 bits per heavy atom. The van der Waals surface area contributed by atoms with Crippen molar-refractivity contribution < 1.29 is 13.2 Å². The Morgan fingerprint density at radius 3 is 2.19 bits per heavy atom. The Balaban J connectivity index is 3.87. The number of hydrogen-bond acceptors (Lipinski definition) is 2. The van der Waals surface area contributed by atoms with E-state index in [2.05, 4.69) is 13.8 Å². The van der Waals surface area contributed by atoms with Gasteiger partial charge in [-0.15, -0.1) is 0 Å². The van der Waals surface area contributed by atoms with Crippen LogP contribution in [0, 0.1) is 11.8 Å². The molecule has 0 aromatic rings. The quantitative estimate of drug-likeness (QED) is 0.740. The van der Waals surface area contributed by atoms with Gasteiger partial charge in [-0.05, 0) is 31.8 Å². The van der Waals surface area contributed by atoms with E-state index in [4.69, 9.17) is 5.73 Å². The van der Waals surface area contributed by atoms with E-state index >= 15 is 0 Å². The second kappa shape index (κ2) is 7.12. The van der Waals surface area contributed by atoms with Gasteiger partial charge in [0.1, 0.15) is 0 Å². The maximum atomic E-state index is 12.0. The van der Waals surface area contributed by atoms with Crippen LogP contribution in [0.2, 0.25) is 0 Å². The highest BCUT2D eigenvalue weighted by molar-refractivity contribution is 4.67. The van der Waals surface area contributed by atoms with Crippen molar-refractivity contribution in [3.8, 4) is 0 Å². The molecule has 0 rings (SSSR count). The van der Waals surface area contributed by atoms with Crippen LogP contribution < -0.4 is 5.73 Å². The molecule has 0 aliphatic rings. The molecule has 0 saturated heterocycles. The Labute approximate surface area is 96.0 Å². The van der Waals surface area contributed by atoms with Gasteiger partial charge >= 0.3 is 6.18 Å². The fourth-order valence-electron chi connectivity index (χ4n) is 1.76. The highest BCUT2D eigenvalue weighted by Crippen LogP contribution is 2.20. The van der Waals surface area contributed by atoms with Crippen LogP contribution >= 0.6 is 0 Å². The van der Waals surface area contributed by atoms with Crippen molar-refractivity contribution in [1.29, 1.82) is 0 Å². The van der Waals surface area contributed by atoms with Crippen LogP contribution in [0.1, 0.15) is 26.7 Å². The summed E-state index contributed by atoms with van der Waals surface area (Å²) in [5.41, 5.74) is 5.60. The van der Waals surface area contributed by atoms with Crippen LogP contribution in [0.5, 0.6) is 0 Å². The van der Waals surface area contributed by atoms with E-state index in [9.17, 15) is 13.2 Å². The maximum absolute atomic E-state index is 12.0. The molecule has 0 amide bonds. The molecule has 0 fully saturated rings. The molecular formula is C11H23F3N2. The van der Waals surface area contributed by atoms with Crippen molar-refractivity contribution in [2.75, 3.05) is 26.7 Å². The summed E-state index contributed by atoms with van der Waals surface area (Å²) >= 11 is 0. The van der Waals surface area contributed by atoms with E-state index in [0.717, 1.165) is 6.42 Å². The standard InChI is InChI=1S/C11H23F3N2/c1-9(2)6-10(7-15)8-16(3)5-4-11(12,13)14/h9-10H,4-8,15H2,1-3H3. The second-order valence-corrected chi connectivity index (χ2v) is 4.86. The van der Waals surface area contributed by atoms with E-state index in [1.807, 2.05) is 0 Å². The molecule has 0 aliphatic heterocycles. The van der Waals surface area contributed by atoms with Gasteiger partial charge in [0.05, 0.1) is 6.42 Å². The Morgan fingerprint density at radius 1 is 1.25 bits per heavy atom. The molecular weight excluding hydrogens is 217 g/mol. The van der Waals surface area contributed by atoms with Gasteiger partial charge in [0.25, 0.3) is 0 Å². The van der Waals surface area contributed by atoms with Crippen molar-refractivity contribution in [2.45, 2.75) is 32.9 Å². The van der Waals surface area contributed by atoms with Crippen LogP contribution in [-0.2, 0) is 0 Å². The topological polar surface area (TPSA) is 29.3 Å². The fourth-order valence-corrected chi connectivity index (χ4v) is 1.76. The van der Waals surface area contributed by atoms with Crippen molar-refractivity contribution >= 4 is 0 Å². The number of alkyl halides is 3. The Kier molecular flexibility index (Phi) is 6.99. The molecule has 2 N–H and O–H groups in total. The normalized spacial score (nSPS) is 14.8. The highest BCUT2D eigenvalue weighted by Gasteiger charge is 2.27. The predicted octanol–water partition coefficient (Wildman–Crippen LogP) is 2.49. The molecule has 0 aliphatic carbocycles. The van der Waals surface area contributed by atoms with Gasteiger partial charge in [0.15, 0.2) is 0 Å². The number of halogens is 3. The van der Waals surface area contributed by atoms with Crippen LogP contribution in [0.4, 0.5) is 13.2 Å². The summed E-state index contributed by atoms with van der Waals surface area (Å²) in [7, 11) is 1.72. The van der Waals surface area contributed by atoms with Crippen molar-refractivity contribution in [2.24, 2.45) is 17.6 Å². The van der Waals surface area contributed by atoms with Crippen LogP contribution in [0.25, 0.3) is 0 Å². The zero-order chi connectivity index (χ0) is 12.8. The first kappa shape index (κ1) is 15.7. The summed E-state index contributed by atoms with van der Waals surface area (Å²) in [6, 6.07) is 0. The van der Waals surface area contributed by atoms with Gasteiger partial charge in [-0.3, -0.25) is 0 Å². The third-order valence-corrected chi connectivity index (χ3v) is 2.48. The summed E-state index contributed by atoms with van der Waals surface area (Å²) in [4.78, 5) is 1.72. The first-order valence-electron chi connectivity index (χ1n) is 5.70. The van der Waals surface area contributed by atoms with E-state index in [1.165, 1.54) is 0 Å². The summed E-state index contributed by atoms with van der Waals surface area (Å²) in [5, 5.41) is 0. The van der Waals surface area contributed by atoms with Crippen molar-refractivity contribution in [3.05, 3.63) is 0 Å². The van der Waals surface area contributed by atoms with Crippen molar-refractivity contribution in [3.63, 3.8) is 0 Å². The number of nitrogens with two attached hydrogens (primary N) is 1. The summed E-state index contributed by atoms with van der Waals surface area (Å²) < 4.78 is 36.0. The monoisotopic (exact) mass is 240 g/mol. The molecule has 0 radical (unpaired) electrons. The zero-order valence-corrected chi connectivity index (χ0v) is 10.3. The van der Waals surface area contributed by atoms with Gasteiger partial charge in [0.2, 0.25) is 0 Å². The largest absolute Gasteiger partial charge is 0.390 e. The van der Waals surface area contributed by atoms with Gasteiger partial charge in [-0.1, -0.05) is 13.8 Å². The lowest BCUT2D eigenvalue weighted by Gasteiger charge is -2.24. The minimum atomic E-state index is -4.06. The second-order valence-electron chi connectivity index (χ2n) is 4.86. The van der Waals surface area contributed by atoms with Crippen LogP contribution in [0.15, 0.2) is 0 Å². The molecule has 1 unspecified atom stereocenters. The lowest BCUT2D eigenvalue weighted by molar-refractivity contribution is -0.137. The smallest absolute Gasteiger partial charge is 0.330 e. The molecule has 0 aromatic heterocycles. The molecule has 98 valence electrons. The minimum absolute atomic E-state index is 0.0537. The van der Waals surface area contributed by atoms with Gasteiger partial charge in [-0.25, -0.2) is 0 Å². The van der Waals surface area contributed by atoms with E-state index in [1.54, 1.807) is 11.9 Å².